The van der Waals surface area contributed by atoms with Crippen LogP contribution in [-0.2, 0) is 23.7 Å². The van der Waals surface area contributed by atoms with Gasteiger partial charge in [0.05, 0.1) is 19.8 Å². The molecule has 0 bridgehead atoms. The predicted octanol–water partition coefficient (Wildman–Crippen LogP) is 12.6. The molecule has 1 aliphatic rings. The molecule has 6 atom stereocenters. The van der Waals surface area contributed by atoms with Gasteiger partial charge in [-0.25, -0.2) is 0 Å². The lowest BCUT2D eigenvalue weighted by atomic mass is 9.99. The maximum absolute atomic E-state index is 12.8. The van der Waals surface area contributed by atoms with Crippen LogP contribution in [0.4, 0.5) is 0 Å². The molecule has 0 aromatic rings. The quantitative estimate of drug-likeness (QED) is 0.0268. The van der Waals surface area contributed by atoms with Crippen LogP contribution < -0.4 is 0 Å². The number of ether oxygens (including phenoxy) is 4. The number of allylic oxidation sites excluding steroid dienone is 14. The van der Waals surface area contributed by atoms with Crippen LogP contribution in [0.5, 0.6) is 0 Å². The highest BCUT2D eigenvalue weighted by Crippen LogP contribution is 2.22. The Hall–Kier alpha value is -2.63. The van der Waals surface area contributed by atoms with Gasteiger partial charge in [-0.1, -0.05) is 208 Å². The molecule has 0 spiro atoms. The van der Waals surface area contributed by atoms with Crippen LogP contribution >= 0.6 is 0 Å². The Morgan fingerprint density at radius 1 is 0.516 bits per heavy atom. The molecule has 0 aromatic heterocycles. The van der Waals surface area contributed by atoms with Crippen LogP contribution in [0, 0.1) is 0 Å². The number of aliphatic hydroxyl groups excluding tert-OH is 4. The summed E-state index contributed by atoms with van der Waals surface area (Å²) in [7, 11) is 0. The number of rotatable bonds is 43. The van der Waals surface area contributed by atoms with E-state index >= 15 is 0 Å². The highest BCUT2D eigenvalue weighted by molar-refractivity contribution is 5.69. The SMILES string of the molecule is CC/C=C\C/C=C\C/C=C\C/C=C\C/C=C\C/C=C\C/C=C\CCCC(=O)OC(COCCCCCCCCCCCCCCCCCCCC)COC1OC(CO)C(O)C(O)C1O. The Kier molecular flexibility index (Phi) is 42.2. The normalized spacial score (nSPS) is 20.2. The van der Waals surface area contributed by atoms with Gasteiger partial charge in [0, 0.05) is 13.0 Å². The molecule has 1 aliphatic heterocycles. The molecule has 0 saturated carbocycles. The number of esters is 1. The third-order valence-corrected chi connectivity index (χ3v) is 11.3. The van der Waals surface area contributed by atoms with Crippen molar-refractivity contribution in [2.75, 3.05) is 26.4 Å². The van der Waals surface area contributed by atoms with Gasteiger partial charge in [-0.2, -0.15) is 0 Å². The molecule has 9 heteroatoms. The summed E-state index contributed by atoms with van der Waals surface area (Å²) in [6.45, 7) is 4.39. The maximum atomic E-state index is 12.8. The van der Waals surface area contributed by atoms with Crippen molar-refractivity contribution in [3.63, 3.8) is 0 Å². The van der Waals surface area contributed by atoms with Crippen LogP contribution in [0.25, 0.3) is 0 Å². The lowest BCUT2D eigenvalue weighted by Gasteiger charge is -2.39. The first-order chi connectivity index (χ1) is 31.4. The summed E-state index contributed by atoms with van der Waals surface area (Å²) in [4.78, 5) is 12.8. The second-order valence-corrected chi connectivity index (χ2v) is 17.2. The first kappa shape index (κ1) is 59.4. The molecule has 0 amide bonds. The summed E-state index contributed by atoms with van der Waals surface area (Å²) in [6.07, 6.45) is 54.8. The summed E-state index contributed by atoms with van der Waals surface area (Å²) in [6, 6.07) is 0. The standard InChI is InChI=1S/C55H94O9/c1-3-5-7-9-11-13-15-17-19-21-23-24-25-26-27-28-30-32-34-36-38-40-42-44-51(57)63-49(48-62-55-54(60)53(59)52(58)50(46-56)64-55)47-61-45-43-41-39-37-35-33-31-29-22-20-18-16-14-12-10-8-6-4-2/h5,7,11,13,17,19,23-24,26-27,30,32,36,38,49-50,52-56,58-60H,3-4,6,8-10,12,14-16,18,20-22,25,28-29,31,33-35,37,39-48H2,1-2H3/b7-5-,13-11-,19-17-,24-23-,27-26-,32-30-,38-36-. The zero-order valence-corrected chi connectivity index (χ0v) is 40.5. The van der Waals surface area contributed by atoms with E-state index in [9.17, 15) is 25.2 Å². The monoisotopic (exact) mass is 899 g/mol. The minimum absolute atomic E-state index is 0.119. The smallest absolute Gasteiger partial charge is 0.306 e. The van der Waals surface area contributed by atoms with Crippen LogP contribution in [0.3, 0.4) is 0 Å². The Balaban J connectivity index is 2.27. The van der Waals surface area contributed by atoms with Crippen molar-refractivity contribution < 1.29 is 44.2 Å². The number of hydrogen-bond donors (Lipinski definition) is 4. The van der Waals surface area contributed by atoms with Crippen molar-refractivity contribution in [3.05, 3.63) is 85.1 Å². The van der Waals surface area contributed by atoms with Crippen LogP contribution in [-0.4, -0.2) is 89.6 Å². The van der Waals surface area contributed by atoms with Gasteiger partial charge in [-0.3, -0.25) is 4.79 Å². The van der Waals surface area contributed by atoms with E-state index in [2.05, 4.69) is 98.9 Å². The molecule has 64 heavy (non-hydrogen) atoms. The second-order valence-electron chi connectivity index (χ2n) is 17.2. The van der Waals surface area contributed by atoms with Crippen molar-refractivity contribution in [1.82, 2.24) is 0 Å². The lowest BCUT2D eigenvalue weighted by molar-refractivity contribution is -0.305. The first-order valence-electron chi connectivity index (χ1n) is 25.7. The van der Waals surface area contributed by atoms with Crippen molar-refractivity contribution in [1.29, 1.82) is 0 Å². The number of hydrogen-bond acceptors (Lipinski definition) is 9. The summed E-state index contributed by atoms with van der Waals surface area (Å²) in [5.74, 6) is -0.371. The van der Waals surface area contributed by atoms with Crippen molar-refractivity contribution >= 4 is 5.97 Å². The fourth-order valence-corrected chi connectivity index (χ4v) is 7.36. The summed E-state index contributed by atoms with van der Waals surface area (Å²) >= 11 is 0. The predicted molar refractivity (Wildman–Crippen MR) is 265 cm³/mol. The number of carbonyl (C=O) groups is 1. The summed E-state index contributed by atoms with van der Waals surface area (Å²) in [5, 5.41) is 40.2. The van der Waals surface area contributed by atoms with E-state index in [0.717, 1.165) is 64.2 Å². The fraction of sp³-hybridized carbons (Fsp3) is 0.727. The fourth-order valence-electron chi connectivity index (χ4n) is 7.36. The zero-order valence-electron chi connectivity index (χ0n) is 40.5. The maximum Gasteiger partial charge on any atom is 0.306 e. The third-order valence-electron chi connectivity index (χ3n) is 11.3. The molecule has 0 radical (unpaired) electrons. The van der Waals surface area contributed by atoms with Gasteiger partial charge in [-0.05, 0) is 64.2 Å². The molecule has 1 heterocycles. The molecule has 6 unspecified atom stereocenters. The van der Waals surface area contributed by atoms with Gasteiger partial charge >= 0.3 is 5.97 Å². The average molecular weight is 899 g/mol. The zero-order chi connectivity index (χ0) is 46.4. The summed E-state index contributed by atoms with van der Waals surface area (Å²) in [5.41, 5.74) is 0. The van der Waals surface area contributed by atoms with Crippen molar-refractivity contribution in [2.24, 2.45) is 0 Å². The van der Waals surface area contributed by atoms with Gasteiger partial charge in [0.2, 0.25) is 0 Å². The molecular formula is C55H94O9. The second kappa shape index (κ2) is 45.5. The van der Waals surface area contributed by atoms with E-state index in [1.165, 1.54) is 103 Å². The molecule has 9 nitrogen and oxygen atoms in total. The van der Waals surface area contributed by atoms with Gasteiger partial charge in [0.1, 0.15) is 30.5 Å². The van der Waals surface area contributed by atoms with E-state index < -0.39 is 43.4 Å². The number of unbranched alkanes of at least 4 members (excludes halogenated alkanes) is 18. The molecule has 0 aromatic carbocycles. The van der Waals surface area contributed by atoms with E-state index in [0.29, 0.717) is 13.0 Å². The molecule has 0 aliphatic carbocycles. The van der Waals surface area contributed by atoms with Gasteiger partial charge < -0.3 is 39.4 Å². The largest absolute Gasteiger partial charge is 0.457 e. The van der Waals surface area contributed by atoms with Gasteiger partial charge in [-0.15, -0.1) is 0 Å². The minimum Gasteiger partial charge on any atom is -0.457 e. The van der Waals surface area contributed by atoms with E-state index in [-0.39, 0.29) is 25.6 Å². The van der Waals surface area contributed by atoms with Crippen LogP contribution in [0.15, 0.2) is 85.1 Å². The van der Waals surface area contributed by atoms with Gasteiger partial charge in [0.15, 0.2) is 6.29 Å². The van der Waals surface area contributed by atoms with Crippen LogP contribution in [0.1, 0.15) is 194 Å². The topological polar surface area (TPSA) is 135 Å². The third kappa shape index (κ3) is 35.6. The molecule has 1 fully saturated rings. The lowest BCUT2D eigenvalue weighted by Crippen LogP contribution is -2.59. The minimum atomic E-state index is -1.55. The molecule has 1 saturated heterocycles. The summed E-state index contributed by atoms with van der Waals surface area (Å²) < 4.78 is 22.8. The number of aliphatic hydroxyl groups is 4. The Bertz CT molecular complexity index is 1250. The Morgan fingerprint density at radius 3 is 1.38 bits per heavy atom. The first-order valence-corrected chi connectivity index (χ1v) is 25.7. The Labute approximate surface area is 390 Å². The van der Waals surface area contributed by atoms with E-state index in [4.69, 9.17) is 18.9 Å². The molecule has 368 valence electrons. The molecule has 1 rings (SSSR count). The Morgan fingerprint density at radius 2 is 0.938 bits per heavy atom. The van der Waals surface area contributed by atoms with Crippen molar-refractivity contribution in [3.8, 4) is 0 Å². The molecular weight excluding hydrogens is 805 g/mol. The van der Waals surface area contributed by atoms with Crippen LogP contribution in [0.2, 0.25) is 0 Å². The van der Waals surface area contributed by atoms with E-state index in [1.807, 2.05) is 0 Å². The van der Waals surface area contributed by atoms with Crippen molar-refractivity contribution in [2.45, 2.75) is 230 Å². The highest BCUT2D eigenvalue weighted by Gasteiger charge is 2.44. The van der Waals surface area contributed by atoms with Gasteiger partial charge in [0.25, 0.3) is 0 Å². The molecule has 4 N–H and O–H groups in total. The number of carbonyl (C=O) groups excluding carboxylic acids is 1. The van der Waals surface area contributed by atoms with E-state index in [1.54, 1.807) is 0 Å². The highest BCUT2D eigenvalue weighted by atomic mass is 16.7. The average Bonchev–Trinajstić information content (AvgIpc) is 3.30.